The Morgan fingerprint density at radius 2 is 1.82 bits per heavy atom. The van der Waals surface area contributed by atoms with Crippen LogP contribution < -0.4 is 16.5 Å². The van der Waals surface area contributed by atoms with Crippen LogP contribution in [0.3, 0.4) is 0 Å². The smallest absolute Gasteiger partial charge is 0.290 e. The molecule has 3 aromatic rings. The molecule has 260 valence electrons. The number of allylic oxidation sites excluding steroid dienone is 2. The van der Waals surface area contributed by atoms with Gasteiger partial charge in [-0.1, -0.05) is 12.8 Å². The van der Waals surface area contributed by atoms with E-state index in [1.807, 2.05) is 0 Å². The van der Waals surface area contributed by atoms with Crippen LogP contribution in [0.25, 0.3) is 11.1 Å². The molecule has 49 heavy (non-hydrogen) atoms. The van der Waals surface area contributed by atoms with Crippen LogP contribution in [-0.2, 0) is 18.3 Å². The van der Waals surface area contributed by atoms with E-state index >= 15 is 0 Å². The number of pyridine rings is 2. The van der Waals surface area contributed by atoms with Gasteiger partial charge >= 0.3 is 0 Å². The van der Waals surface area contributed by atoms with Gasteiger partial charge in [-0.05, 0) is 81.0 Å². The molecular weight excluding hydrogens is 650 g/mol. The zero-order chi connectivity index (χ0) is 36.4. The lowest BCUT2D eigenvalue weighted by Gasteiger charge is -2.23. The largest absolute Gasteiger partial charge is 0.397 e. The van der Waals surface area contributed by atoms with Crippen LogP contribution in [0.4, 0.5) is 26.3 Å². The van der Waals surface area contributed by atoms with E-state index in [0.717, 1.165) is 12.1 Å². The van der Waals surface area contributed by atoms with Crippen LogP contribution in [0.15, 0.2) is 58.7 Å². The third-order valence-corrected chi connectivity index (χ3v) is 7.98. The van der Waals surface area contributed by atoms with Crippen LogP contribution in [-0.4, -0.2) is 50.8 Å². The van der Waals surface area contributed by atoms with Gasteiger partial charge in [-0.15, -0.1) is 0 Å². The average Bonchev–Trinajstić information content (AvgIpc) is 3.22. The number of halogens is 6. The van der Waals surface area contributed by atoms with E-state index in [4.69, 9.17) is 11.1 Å². The Balaban J connectivity index is 1.86. The van der Waals surface area contributed by atoms with Crippen molar-refractivity contribution in [3.05, 3.63) is 93.5 Å². The molecular formula is C35H36F6N6O2. The molecule has 14 heteroatoms. The molecule has 0 saturated heterocycles. The first-order valence-electron chi connectivity index (χ1n) is 15.2. The average molecular weight is 687 g/mol. The summed E-state index contributed by atoms with van der Waals surface area (Å²) in [4.78, 5) is 21.9. The van der Waals surface area contributed by atoms with E-state index in [1.165, 1.54) is 20.8 Å². The van der Waals surface area contributed by atoms with Crippen molar-refractivity contribution in [3.8, 4) is 23.0 Å². The molecule has 0 spiro atoms. The summed E-state index contributed by atoms with van der Waals surface area (Å²) in [5.74, 6) is -1.93. The molecule has 2 atom stereocenters. The van der Waals surface area contributed by atoms with E-state index in [-0.39, 0.29) is 28.9 Å². The second-order valence-electron chi connectivity index (χ2n) is 12.5. The molecule has 5 N–H and O–H groups in total. The number of carbonyl (C=O) groups is 1. The van der Waals surface area contributed by atoms with Gasteiger partial charge < -0.3 is 20.7 Å². The quantitative estimate of drug-likeness (QED) is 0.190. The fourth-order valence-corrected chi connectivity index (χ4v) is 5.62. The monoisotopic (exact) mass is 686 g/mol. The van der Waals surface area contributed by atoms with E-state index < -0.39 is 77.4 Å². The molecule has 1 fully saturated rings. The summed E-state index contributed by atoms with van der Waals surface area (Å²) in [6.45, 7) is 5.08. The minimum Gasteiger partial charge on any atom is -0.397 e. The summed E-state index contributed by atoms with van der Waals surface area (Å²) < 4.78 is 86.9. The second-order valence-corrected chi connectivity index (χ2v) is 12.5. The number of alkyl halides is 4. The van der Waals surface area contributed by atoms with Crippen molar-refractivity contribution in [2.24, 2.45) is 23.7 Å². The highest BCUT2D eigenvalue weighted by molar-refractivity contribution is 6.09. The molecule has 0 aliphatic heterocycles. The van der Waals surface area contributed by atoms with Gasteiger partial charge in [0.05, 0.1) is 17.4 Å². The van der Waals surface area contributed by atoms with E-state index in [2.05, 4.69) is 27.1 Å². The number of aliphatic imine (C=N–C) groups is 1. The van der Waals surface area contributed by atoms with Crippen molar-refractivity contribution in [2.75, 3.05) is 6.54 Å². The molecule has 1 aromatic carbocycles. The van der Waals surface area contributed by atoms with Crippen molar-refractivity contribution in [1.82, 2.24) is 14.9 Å². The summed E-state index contributed by atoms with van der Waals surface area (Å²) in [5.41, 5.74) is 3.83. The van der Waals surface area contributed by atoms with Crippen LogP contribution in [0.5, 0.6) is 0 Å². The van der Waals surface area contributed by atoms with Crippen LogP contribution in [0, 0.1) is 41.7 Å². The maximum Gasteiger partial charge on any atom is 0.290 e. The Morgan fingerprint density at radius 1 is 1.18 bits per heavy atom. The molecule has 0 radical (unpaired) electrons. The minimum atomic E-state index is -3.62. The zero-order valence-electron chi connectivity index (χ0n) is 27.4. The van der Waals surface area contributed by atoms with Gasteiger partial charge in [0.1, 0.15) is 40.7 Å². The van der Waals surface area contributed by atoms with E-state index in [1.54, 1.807) is 42.8 Å². The first-order chi connectivity index (χ1) is 22.8. The summed E-state index contributed by atoms with van der Waals surface area (Å²) >= 11 is 0. The molecule has 1 aliphatic rings. The molecule has 2 heterocycles. The molecule has 1 aliphatic carbocycles. The SMILES string of the molecule is Cc1c(-c2ccc(C#CC(C)(C)O)nc2C(Cc2cc(F)cc(F)c2)NC(=O)CN=C2C(=C(N)C(F)F)[C@@H](C)CC2(F)F)ccc(=N)n1C. The highest BCUT2D eigenvalue weighted by atomic mass is 19.3. The number of hydrogen-bond donors (Lipinski definition) is 4. The number of benzene rings is 1. The fraction of sp³-hybridized carbons (Fsp3) is 0.371. The fourth-order valence-electron chi connectivity index (χ4n) is 5.62. The van der Waals surface area contributed by atoms with Crippen molar-refractivity contribution in [3.63, 3.8) is 0 Å². The van der Waals surface area contributed by atoms with Crippen molar-refractivity contribution >= 4 is 11.6 Å². The minimum absolute atomic E-state index is 0.115. The molecule has 1 unspecified atom stereocenters. The molecule has 1 amide bonds. The first-order valence-corrected chi connectivity index (χ1v) is 15.2. The summed E-state index contributed by atoms with van der Waals surface area (Å²) in [5, 5.41) is 21.0. The van der Waals surface area contributed by atoms with Gasteiger partial charge in [0.15, 0.2) is 0 Å². The molecule has 2 aromatic heterocycles. The van der Waals surface area contributed by atoms with Gasteiger partial charge in [-0.2, -0.15) is 8.78 Å². The second kappa shape index (κ2) is 14.3. The zero-order valence-corrected chi connectivity index (χ0v) is 27.4. The number of aliphatic hydroxyl groups is 1. The Hall–Kier alpha value is -4.90. The van der Waals surface area contributed by atoms with Gasteiger partial charge in [0, 0.05) is 41.9 Å². The number of nitrogens with two attached hydrogens (primary N) is 1. The third kappa shape index (κ3) is 8.77. The van der Waals surface area contributed by atoms with Crippen LogP contribution >= 0.6 is 0 Å². The summed E-state index contributed by atoms with van der Waals surface area (Å²) in [6, 6.07) is 8.06. The Kier molecular flexibility index (Phi) is 10.8. The van der Waals surface area contributed by atoms with Gasteiger partial charge in [0.25, 0.3) is 12.3 Å². The molecule has 1 saturated carbocycles. The predicted molar refractivity (Wildman–Crippen MR) is 172 cm³/mol. The number of nitrogens with zero attached hydrogens (tertiary/aromatic N) is 3. The Morgan fingerprint density at radius 3 is 2.43 bits per heavy atom. The maximum absolute atomic E-state index is 14.9. The first kappa shape index (κ1) is 36.9. The van der Waals surface area contributed by atoms with E-state index in [9.17, 15) is 36.2 Å². The normalized spacial score (nSPS) is 18.3. The van der Waals surface area contributed by atoms with Crippen LogP contribution in [0.1, 0.15) is 55.9 Å². The number of aromatic nitrogens is 2. The van der Waals surface area contributed by atoms with Crippen molar-refractivity contribution in [2.45, 2.75) is 64.5 Å². The standard InChI is InChI=1S/C35H36F6N6O2/c1-18-16-35(40,41)32(29(18)30(43)33(38)39)44-17-28(48)46-26(14-20-12-21(36)15-22(37)13-20)31-25(24-8-9-27(42)47(5)19(24)2)7-6-23(45-31)10-11-34(3,4)49/h6-9,12-13,15,18,26,33,42,49H,14,16-17,43H2,1-5H3,(H,46,48)/t18-,26?/m0/s1. The van der Waals surface area contributed by atoms with Crippen LogP contribution in [0.2, 0.25) is 0 Å². The predicted octanol–water partition coefficient (Wildman–Crippen LogP) is 5.27. The molecule has 0 bridgehead atoms. The lowest BCUT2D eigenvalue weighted by Crippen LogP contribution is -2.34. The summed E-state index contributed by atoms with van der Waals surface area (Å²) in [6.07, 6.45) is -4.27. The topological polar surface area (TPSA) is 129 Å². The van der Waals surface area contributed by atoms with Gasteiger partial charge in [-0.25, -0.2) is 22.5 Å². The molecule has 4 rings (SSSR count). The third-order valence-electron chi connectivity index (χ3n) is 7.98. The van der Waals surface area contributed by atoms with Crippen molar-refractivity contribution in [1.29, 1.82) is 5.41 Å². The Labute approximate surface area is 279 Å². The highest BCUT2D eigenvalue weighted by Crippen LogP contribution is 2.42. The number of carbonyl (C=O) groups excluding carboxylic acids is 1. The van der Waals surface area contributed by atoms with E-state index in [0.29, 0.717) is 22.9 Å². The van der Waals surface area contributed by atoms with Gasteiger partial charge in [-0.3, -0.25) is 15.2 Å². The lowest BCUT2D eigenvalue weighted by molar-refractivity contribution is -0.120. The number of nitrogens with one attached hydrogen (secondary N) is 2. The highest BCUT2D eigenvalue weighted by Gasteiger charge is 2.49. The van der Waals surface area contributed by atoms with Crippen molar-refractivity contribution < 1.29 is 36.2 Å². The Bertz CT molecular complexity index is 1930. The molecule has 8 nitrogen and oxygen atoms in total. The number of hydrogen-bond acceptors (Lipinski definition) is 6. The number of rotatable bonds is 8. The lowest BCUT2D eigenvalue weighted by atomic mass is 9.94. The number of amides is 1. The van der Waals surface area contributed by atoms with Gasteiger partial charge in [0.2, 0.25) is 5.91 Å². The maximum atomic E-state index is 14.9. The summed E-state index contributed by atoms with van der Waals surface area (Å²) in [7, 11) is 1.68.